The maximum atomic E-state index is 13.9. The normalized spacial score (nSPS) is 22.0. The molecule has 2 aromatic carbocycles. The maximum absolute atomic E-state index is 13.9. The van der Waals surface area contributed by atoms with E-state index in [0.717, 1.165) is 49.3 Å². The third-order valence-corrected chi connectivity index (χ3v) is 7.66. The van der Waals surface area contributed by atoms with Crippen LogP contribution >= 0.6 is 27.7 Å². The van der Waals surface area contributed by atoms with Gasteiger partial charge in [-0.25, -0.2) is 22.2 Å². The Morgan fingerprint density at radius 1 is 0.952 bits per heavy atom. The van der Waals surface area contributed by atoms with Gasteiger partial charge in [-0.2, -0.15) is 0 Å². The van der Waals surface area contributed by atoms with Crippen LogP contribution in [0, 0.1) is 23.3 Å². The highest BCUT2D eigenvalue weighted by molar-refractivity contribution is 9.10. The van der Waals surface area contributed by atoms with Crippen molar-refractivity contribution in [3.05, 3.63) is 64.3 Å². The van der Waals surface area contributed by atoms with Gasteiger partial charge in [0, 0.05) is 31.2 Å². The van der Waals surface area contributed by atoms with Crippen LogP contribution in [0.2, 0.25) is 0 Å². The summed E-state index contributed by atoms with van der Waals surface area (Å²) in [6, 6.07) is 4.38. The fourth-order valence-electron chi connectivity index (χ4n) is 4.22. The number of esters is 3. The Morgan fingerprint density at radius 2 is 1.60 bits per heavy atom. The monoisotopic (exact) mass is 675 g/mol. The number of carbonyl (C=O) groups is 3. The summed E-state index contributed by atoms with van der Waals surface area (Å²) in [6.07, 6.45) is -2.46. The van der Waals surface area contributed by atoms with Crippen molar-refractivity contribution in [1.82, 2.24) is 15.0 Å². The molecule has 0 bridgehead atoms. The molecular formula is C26H22BrF4N3O7S. The molecule has 16 heteroatoms. The quantitative estimate of drug-likeness (QED) is 0.143. The molecular weight excluding hydrogens is 654 g/mol. The molecule has 0 amide bonds. The lowest BCUT2D eigenvalue weighted by Gasteiger charge is -2.44. The Balaban J connectivity index is 1.82. The molecule has 0 spiro atoms. The van der Waals surface area contributed by atoms with E-state index in [2.05, 4.69) is 26.2 Å². The topological polar surface area (TPSA) is 119 Å². The highest BCUT2D eigenvalue weighted by Gasteiger charge is 2.52. The van der Waals surface area contributed by atoms with Crippen LogP contribution in [0.5, 0.6) is 0 Å². The molecule has 2 heterocycles. The number of thioether (sulfide) groups is 1. The van der Waals surface area contributed by atoms with Crippen molar-refractivity contribution in [3.63, 3.8) is 0 Å². The minimum Gasteiger partial charge on any atom is -0.463 e. The van der Waals surface area contributed by atoms with Crippen molar-refractivity contribution in [3.8, 4) is 11.3 Å². The van der Waals surface area contributed by atoms with Gasteiger partial charge in [-0.3, -0.25) is 14.4 Å². The van der Waals surface area contributed by atoms with Crippen LogP contribution in [-0.2, 0) is 33.3 Å². The van der Waals surface area contributed by atoms with E-state index in [9.17, 15) is 31.9 Å². The number of benzene rings is 2. The molecule has 5 atom stereocenters. The van der Waals surface area contributed by atoms with Crippen molar-refractivity contribution in [2.24, 2.45) is 0 Å². The number of ether oxygens (including phenoxy) is 4. The van der Waals surface area contributed by atoms with E-state index in [4.69, 9.17) is 18.9 Å². The molecule has 1 fully saturated rings. The van der Waals surface area contributed by atoms with Gasteiger partial charge in [0.15, 0.2) is 29.7 Å². The number of halogens is 5. The summed E-state index contributed by atoms with van der Waals surface area (Å²) >= 11 is 4.14. The summed E-state index contributed by atoms with van der Waals surface area (Å²) in [5.41, 5.74) is -1.32. The first-order chi connectivity index (χ1) is 19.8. The molecule has 1 aromatic heterocycles. The van der Waals surface area contributed by atoms with E-state index < -0.39 is 77.6 Å². The van der Waals surface area contributed by atoms with Gasteiger partial charge in [0.05, 0.1) is 10.7 Å². The van der Waals surface area contributed by atoms with E-state index in [1.54, 1.807) is 0 Å². The molecule has 1 saturated heterocycles. The minimum absolute atomic E-state index is 0.0920. The average Bonchev–Trinajstić information content (AvgIpc) is 3.39. The molecule has 0 aliphatic carbocycles. The van der Waals surface area contributed by atoms with E-state index in [1.807, 2.05) is 0 Å². The van der Waals surface area contributed by atoms with Crippen molar-refractivity contribution < 1.29 is 50.9 Å². The molecule has 4 rings (SSSR count). The Kier molecular flexibility index (Phi) is 9.89. The van der Waals surface area contributed by atoms with Crippen LogP contribution in [-0.4, -0.2) is 63.3 Å². The summed E-state index contributed by atoms with van der Waals surface area (Å²) in [5, 5.41) is 7.95. The van der Waals surface area contributed by atoms with E-state index in [1.165, 1.54) is 24.4 Å². The van der Waals surface area contributed by atoms with Crippen molar-refractivity contribution >= 4 is 45.6 Å². The fourth-order valence-corrected chi connectivity index (χ4v) is 5.90. The SMILES string of the molecule is CC(=O)OCC1O[C@H](Sc2ccc(F)c(Br)c2)C(OC(C)=O)C(n2cc(-c3cc(F)c(F)c(F)c3)nn2)[C@H]1OC(C)=O. The first kappa shape index (κ1) is 31.4. The van der Waals surface area contributed by atoms with Gasteiger partial charge >= 0.3 is 17.9 Å². The molecule has 0 N–H and O–H groups in total. The summed E-state index contributed by atoms with van der Waals surface area (Å²) < 4.78 is 79.1. The highest BCUT2D eigenvalue weighted by Crippen LogP contribution is 2.42. The second-order valence-electron chi connectivity index (χ2n) is 9.02. The van der Waals surface area contributed by atoms with Crippen LogP contribution in [0.4, 0.5) is 17.6 Å². The summed E-state index contributed by atoms with van der Waals surface area (Å²) in [6.45, 7) is 3.02. The largest absolute Gasteiger partial charge is 0.463 e. The van der Waals surface area contributed by atoms with Gasteiger partial charge in [0.25, 0.3) is 0 Å². The van der Waals surface area contributed by atoms with Crippen LogP contribution in [0.1, 0.15) is 26.8 Å². The second-order valence-corrected chi connectivity index (χ2v) is 11.0. The molecule has 1 aliphatic rings. The second kappa shape index (κ2) is 13.2. The molecule has 10 nitrogen and oxygen atoms in total. The van der Waals surface area contributed by atoms with Gasteiger partial charge in [-0.15, -0.1) is 5.10 Å². The Hall–Kier alpha value is -3.50. The molecule has 0 radical (unpaired) electrons. The van der Waals surface area contributed by atoms with Crippen molar-refractivity contribution in [1.29, 1.82) is 0 Å². The average molecular weight is 676 g/mol. The number of nitrogens with zero attached hydrogens (tertiary/aromatic N) is 3. The van der Waals surface area contributed by atoms with Crippen LogP contribution in [0.3, 0.4) is 0 Å². The Bertz CT molecular complexity index is 1490. The van der Waals surface area contributed by atoms with Gasteiger partial charge < -0.3 is 18.9 Å². The van der Waals surface area contributed by atoms with Gasteiger partial charge in [-0.1, -0.05) is 17.0 Å². The zero-order valence-corrected chi connectivity index (χ0v) is 24.5. The maximum Gasteiger partial charge on any atom is 0.303 e. The fraction of sp³-hybridized carbons (Fsp3) is 0.346. The molecule has 3 aromatic rings. The van der Waals surface area contributed by atoms with Gasteiger partial charge in [0.2, 0.25) is 0 Å². The number of rotatable bonds is 8. The van der Waals surface area contributed by atoms with Crippen LogP contribution in [0.25, 0.3) is 11.3 Å². The lowest BCUT2D eigenvalue weighted by atomic mass is 9.96. The Morgan fingerprint density at radius 3 is 2.19 bits per heavy atom. The predicted octanol–water partition coefficient (Wildman–Crippen LogP) is 4.75. The molecule has 3 unspecified atom stereocenters. The lowest BCUT2D eigenvalue weighted by Crippen LogP contribution is -2.57. The lowest BCUT2D eigenvalue weighted by molar-refractivity contribution is -0.212. The molecule has 1 aliphatic heterocycles. The standard InChI is InChI=1S/C26H22BrF4N3O7S/c1-11(35)38-10-21-24(39-12(2)36)23(34-9-20(32-33-34)14-6-18(29)22(31)19(30)7-14)25(40-13(3)37)26(41-21)42-15-4-5-17(28)16(27)8-15/h4-9,21,23-26H,10H2,1-3H3/t21?,23?,24-,25?,26+/m0/s1. The number of carbonyl (C=O) groups excluding carboxylic acids is 3. The third kappa shape index (κ3) is 7.28. The summed E-state index contributed by atoms with van der Waals surface area (Å²) in [7, 11) is 0. The number of aromatic nitrogens is 3. The highest BCUT2D eigenvalue weighted by atomic mass is 79.9. The summed E-state index contributed by atoms with van der Waals surface area (Å²) in [5.74, 6) is -7.27. The van der Waals surface area contributed by atoms with Crippen LogP contribution in [0.15, 0.2) is 45.9 Å². The van der Waals surface area contributed by atoms with Crippen LogP contribution < -0.4 is 0 Å². The van der Waals surface area contributed by atoms with Gasteiger partial charge in [0.1, 0.15) is 35.7 Å². The number of hydrogen-bond donors (Lipinski definition) is 0. The van der Waals surface area contributed by atoms with E-state index in [-0.39, 0.29) is 15.7 Å². The predicted molar refractivity (Wildman–Crippen MR) is 141 cm³/mol. The minimum atomic E-state index is -1.67. The Labute approximate surface area is 248 Å². The first-order valence-electron chi connectivity index (χ1n) is 12.2. The van der Waals surface area contributed by atoms with Gasteiger partial charge in [-0.05, 0) is 46.3 Å². The number of hydrogen-bond acceptors (Lipinski definition) is 10. The van der Waals surface area contributed by atoms with E-state index in [0.29, 0.717) is 4.90 Å². The zero-order valence-electron chi connectivity index (χ0n) is 22.1. The third-order valence-electron chi connectivity index (χ3n) is 5.91. The van der Waals surface area contributed by atoms with Crippen molar-refractivity contribution in [2.75, 3.05) is 6.61 Å². The summed E-state index contributed by atoms with van der Waals surface area (Å²) in [4.78, 5) is 36.6. The molecule has 0 saturated carbocycles. The first-order valence-corrected chi connectivity index (χ1v) is 13.8. The smallest absolute Gasteiger partial charge is 0.303 e. The van der Waals surface area contributed by atoms with E-state index >= 15 is 0 Å². The molecule has 224 valence electrons. The zero-order chi connectivity index (χ0) is 30.7. The van der Waals surface area contributed by atoms with Crippen molar-refractivity contribution in [2.45, 2.75) is 55.5 Å². The molecule has 42 heavy (non-hydrogen) atoms.